The van der Waals surface area contributed by atoms with E-state index in [4.69, 9.17) is 32.7 Å². The van der Waals surface area contributed by atoms with Gasteiger partial charge in [-0.25, -0.2) is 4.79 Å². The molecule has 1 aromatic carbocycles. The summed E-state index contributed by atoms with van der Waals surface area (Å²) in [6.07, 6.45) is -1.14. The van der Waals surface area contributed by atoms with Crippen molar-refractivity contribution in [3.05, 3.63) is 28.2 Å². The van der Waals surface area contributed by atoms with E-state index in [9.17, 15) is 14.4 Å². The lowest BCUT2D eigenvalue weighted by atomic mass is 10.2. The fourth-order valence-electron chi connectivity index (χ4n) is 1.87. The zero-order valence-electron chi connectivity index (χ0n) is 15.7. The van der Waals surface area contributed by atoms with Gasteiger partial charge in [0.1, 0.15) is 5.60 Å². The third-order valence-corrected chi connectivity index (χ3v) is 3.64. The van der Waals surface area contributed by atoms with E-state index in [1.54, 1.807) is 32.9 Å². The molecule has 9 heteroatoms. The molecule has 0 spiro atoms. The number of benzene rings is 1. The van der Waals surface area contributed by atoms with Crippen LogP contribution in [0.15, 0.2) is 18.2 Å². The fourth-order valence-corrected chi connectivity index (χ4v) is 2.33. The van der Waals surface area contributed by atoms with Crippen molar-refractivity contribution >= 4 is 46.9 Å². The van der Waals surface area contributed by atoms with Gasteiger partial charge in [0.2, 0.25) is 0 Å². The van der Waals surface area contributed by atoms with Gasteiger partial charge in [-0.15, -0.1) is 0 Å². The fraction of sp³-hybridized carbons (Fsp3) is 0.500. The average Bonchev–Trinajstić information content (AvgIpc) is 2.52. The Hall–Kier alpha value is -1.99. The van der Waals surface area contributed by atoms with Crippen LogP contribution in [0.2, 0.25) is 10.0 Å². The van der Waals surface area contributed by atoms with Crippen LogP contribution in [0.25, 0.3) is 0 Å². The van der Waals surface area contributed by atoms with Crippen LogP contribution in [-0.2, 0) is 19.1 Å². The van der Waals surface area contributed by atoms with Crippen molar-refractivity contribution in [2.75, 3.05) is 11.9 Å². The van der Waals surface area contributed by atoms with Crippen molar-refractivity contribution in [1.82, 2.24) is 5.32 Å². The van der Waals surface area contributed by atoms with E-state index >= 15 is 0 Å². The predicted octanol–water partition coefficient (Wildman–Crippen LogP) is 4.17. The number of carbonyl (C=O) groups excluding carboxylic acids is 3. The summed E-state index contributed by atoms with van der Waals surface area (Å²) < 4.78 is 10.1. The van der Waals surface area contributed by atoms with Crippen LogP contribution in [0.1, 0.15) is 40.5 Å². The van der Waals surface area contributed by atoms with E-state index in [1.165, 1.54) is 13.0 Å². The summed E-state index contributed by atoms with van der Waals surface area (Å²) in [5, 5.41) is 5.83. The van der Waals surface area contributed by atoms with Gasteiger partial charge in [-0.3, -0.25) is 9.59 Å². The third kappa shape index (κ3) is 9.49. The average molecular weight is 419 g/mol. The normalized spacial score (nSPS) is 12.1. The molecule has 0 heterocycles. The Morgan fingerprint density at radius 1 is 1.19 bits per heavy atom. The summed E-state index contributed by atoms with van der Waals surface area (Å²) >= 11 is 11.8. The molecule has 0 unspecified atom stereocenters. The highest BCUT2D eigenvalue weighted by Gasteiger charge is 2.19. The molecule has 1 aromatic rings. The van der Waals surface area contributed by atoms with Gasteiger partial charge in [0.05, 0.1) is 10.7 Å². The Kier molecular flexibility index (Phi) is 8.85. The summed E-state index contributed by atoms with van der Waals surface area (Å²) in [7, 11) is 0. The van der Waals surface area contributed by atoms with Crippen molar-refractivity contribution in [2.24, 2.45) is 0 Å². The first kappa shape index (κ1) is 23.0. The molecule has 27 heavy (non-hydrogen) atoms. The van der Waals surface area contributed by atoms with E-state index < -0.39 is 29.7 Å². The lowest BCUT2D eigenvalue weighted by Gasteiger charge is -2.19. The molecule has 0 saturated heterocycles. The second-order valence-corrected chi connectivity index (χ2v) is 7.62. The van der Waals surface area contributed by atoms with Crippen molar-refractivity contribution in [3.8, 4) is 0 Å². The summed E-state index contributed by atoms with van der Waals surface area (Å²) in [6, 6.07) is 4.63. The van der Waals surface area contributed by atoms with Crippen molar-refractivity contribution < 1.29 is 23.9 Å². The molecule has 0 aliphatic carbocycles. The molecule has 0 saturated carbocycles. The van der Waals surface area contributed by atoms with E-state index in [0.29, 0.717) is 17.1 Å². The maximum atomic E-state index is 12.1. The summed E-state index contributed by atoms with van der Waals surface area (Å²) in [5.74, 6) is -1.06. The van der Waals surface area contributed by atoms with Gasteiger partial charge in [-0.1, -0.05) is 23.2 Å². The van der Waals surface area contributed by atoms with Gasteiger partial charge in [0.25, 0.3) is 5.91 Å². The number of nitrogens with one attached hydrogen (secondary N) is 2. The van der Waals surface area contributed by atoms with Crippen LogP contribution >= 0.6 is 23.2 Å². The van der Waals surface area contributed by atoms with Gasteiger partial charge in [0, 0.05) is 18.0 Å². The highest BCUT2D eigenvalue weighted by molar-refractivity contribution is 6.36. The number of carbonyl (C=O) groups is 3. The Labute approximate surface area is 168 Å². The molecule has 7 nitrogen and oxygen atoms in total. The predicted molar refractivity (Wildman–Crippen MR) is 104 cm³/mol. The SMILES string of the molecule is C[C@@H](OC(=O)CCCNC(=O)OC(C)(C)C)C(=O)Nc1ccc(Cl)cc1Cl. The maximum Gasteiger partial charge on any atom is 0.407 e. The molecule has 2 amide bonds. The molecule has 150 valence electrons. The smallest absolute Gasteiger partial charge is 0.407 e. The highest BCUT2D eigenvalue weighted by atomic mass is 35.5. The molecule has 0 aliphatic heterocycles. The molecule has 0 radical (unpaired) electrons. The zero-order valence-corrected chi connectivity index (χ0v) is 17.2. The zero-order chi connectivity index (χ0) is 20.6. The van der Waals surface area contributed by atoms with E-state index in [1.807, 2.05) is 0 Å². The Morgan fingerprint density at radius 3 is 2.44 bits per heavy atom. The van der Waals surface area contributed by atoms with Gasteiger partial charge in [-0.2, -0.15) is 0 Å². The van der Waals surface area contributed by atoms with Crippen LogP contribution in [-0.4, -0.2) is 36.2 Å². The minimum atomic E-state index is -0.997. The molecule has 0 aliphatic rings. The Bertz CT molecular complexity index is 689. The molecule has 1 rings (SSSR count). The third-order valence-electron chi connectivity index (χ3n) is 3.09. The molecule has 0 aromatic heterocycles. The minimum Gasteiger partial charge on any atom is -0.453 e. The van der Waals surface area contributed by atoms with Crippen LogP contribution in [0.5, 0.6) is 0 Å². The summed E-state index contributed by atoms with van der Waals surface area (Å²) in [4.78, 5) is 35.4. The van der Waals surface area contributed by atoms with Crippen LogP contribution < -0.4 is 10.6 Å². The maximum absolute atomic E-state index is 12.1. The number of rotatable bonds is 7. The molecular weight excluding hydrogens is 395 g/mol. The van der Waals surface area contributed by atoms with Gasteiger partial charge in [0.15, 0.2) is 6.10 Å². The number of ether oxygens (including phenoxy) is 2. The quantitative estimate of drug-likeness (QED) is 0.511. The first-order chi connectivity index (χ1) is 12.5. The second-order valence-electron chi connectivity index (χ2n) is 6.78. The standard InChI is InChI=1S/C18H24Cl2N2O5/c1-11(16(24)22-14-8-7-12(19)10-13(14)20)26-15(23)6-5-9-21-17(25)27-18(2,3)4/h7-8,10-11H,5-6,9H2,1-4H3,(H,21,25)(H,22,24)/t11-/m1/s1. The van der Waals surface area contributed by atoms with E-state index in [2.05, 4.69) is 10.6 Å². The number of hydrogen-bond acceptors (Lipinski definition) is 5. The van der Waals surface area contributed by atoms with Gasteiger partial charge in [-0.05, 0) is 52.3 Å². The number of alkyl carbamates (subject to hydrolysis) is 1. The number of halogens is 2. The number of amides is 2. The first-order valence-electron chi connectivity index (χ1n) is 8.40. The lowest BCUT2D eigenvalue weighted by Crippen LogP contribution is -2.33. The van der Waals surface area contributed by atoms with Crippen LogP contribution in [0.3, 0.4) is 0 Å². The molecular formula is C18H24Cl2N2O5. The molecule has 2 N–H and O–H groups in total. The van der Waals surface area contributed by atoms with Crippen LogP contribution in [0.4, 0.5) is 10.5 Å². The second kappa shape index (κ2) is 10.4. The first-order valence-corrected chi connectivity index (χ1v) is 9.16. The van der Waals surface area contributed by atoms with Crippen molar-refractivity contribution in [3.63, 3.8) is 0 Å². The minimum absolute atomic E-state index is 0.0507. The topological polar surface area (TPSA) is 93.7 Å². The number of esters is 1. The monoisotopic (exact) mass is 418 g/mol. The highest BCUT2D eigenvalue weighted by Crippen LogP contribution is 2.25. The van der Waals surface area contributed by atoms with E-state index in [0.717, 1.165) is 0 Å². The Morgan fingerprint density at radius 2 is 1.85 bits per heavy atom. The van der Waals surface area contributed by atoms with Gasteiger partial charge < -0.3 is 20.1 Å². The lowest BCUT2D eigenvalue weighted by molar-refractivity contribution is -0.153. The Balaban J connectivity index is 2.33. The largest absolute Gasteiger partial charge is 0.453 e. The molecule has 0 bridgehead atoms. The van der Waals surface area contributed by atoms with Crippen molar-refractivity contribution in [1.29, 1.82) is 0 Å². The van der Waals surface area contributed by atoms with Crippen LogP contribution in [0, 0.1) is 0 Å². The summed E-state index contributed by atoms with van der Waals surface area (Å²) in [6.45, 7) is 6.98. The van der Waals surface area contributed by atoms with Crippen molar-refractivity contribution in [2.45, 2.75) is 52.2 Å². The number of anilines is 1. The molecule has 0 fully saturated rings. The molecule has 1 atom stereocenters. The van der Waals surface area contributed by atoms with Gasteiger partial charge >= 0.3 is 12.1 Å². The number of hydrogen-bond donors (Lipinski definition) is 2. The van der Waals surface area contributed by atoms with E-state index in [-0.39, 0.29) is 18.0 Å². The summed E-state index contributed by atoms with van der Waals surface area (Å²) in [5.41, 5.74) is -0.214.